The summed E-state index contributed by atoms with van der Waals surface area (Å²) in [6.07, 6.45) is 1.90. The highest BCUT2D eigenvalue weighted by molar-refractivity contribution is 7.61. The van der Waals surface area contributed by atoms with Crippen LogP contribution in [0, 0.1) is 0 Å². The Balaban J connectivity index is 2.36. The zero-order chi connectivity index (χ0) is 12.9. The Hall–Kier alpha value is 0.110. The molecule has 0 unspecified atom stereocenters. The molecule has 17 heavy (non-hydrogen) atoms. The van der Waals surface area contributed by atoms with Crippen molar-refractivity contribution in [3.8, 4) is 0 Å². The van der Waals surface area contributed by atoms with Gasteiger partial charge in [0.1, 0.15) is 0 Å². The highest BCUT2D eigenvalue weighted by Crippen LogP contribution is 2.71. The average Bonchev–Trinajstić information content (AvgIpc) is 2.14. The van der Waals surface area contributed by atoms with Gasteiger partial charge in [0.25, 0.3) is 0 Å². The Kier molecular flexibility index (Phi) is 3.03. The van der Waals surface area contributed by atoms with Crippen molar-refractivity contribution in [1.29, 1.82) is 0 Å². The molecule has 0 bridgehead atoms. The van der Waals surface area contributed by atoms with Gasteiger partial charge in [-0.3, -0.25) is 4.57 Å². The van der Waals surface area contributed by atoms with E-state index in [1.807, 2.05) is 27.7 Å². The highest BCUT2D eigenvalue weighted by atomic mass is 31.2. The normalized spacial score (nSPS) is 33.5. The fourth-order valence-corrected chi connectivity index (χ4v) is 5.78. The first-order chi connectivity index (χ1) is 7.62. The lowest BCUT2D eigenvalue weighted by Gasteiger charge is -2.54. The molecule has 100 valence electrons. The van der Waals surface area contributed by atoms with Crippen LogP contribution in [-0.2, 0) is 14.0 Å². The van der Waals surface area contributed by atoms with Gasteiger partial charge in [-0.15, -0.1) is 0 Å². The standard InChI is InChI=1S/C12H23O4P/c1-10(2)8-12(15-6-5-7-16-12)9-11(3,4)17(10,13)14/h5-9H2,1-4H3,(H,13,14). The van der Waals surface area contributed by atoms with E-state index < -0.39 is 23.5 Å². The summed E-state index contributed by atoms with van der Waals surface area (Å²) in [6, 6.07) is 0. The Morgan fingerprint density at radius 2 is 1.41 bits per heavy atom. The Morgan fingerprint density at radius 3 is 1.82 bits per heavy atom. The molecule has 4 nitrogen and oxygen atoms in total. The van der Waals surface area contributed by atoms with E-state index >= 15 is 0 Å². The molecule has 2 heterocycles. The van der Waals surface area contributed by atoms with Gasteiger partial charge < -0.3 is 14.4 Å². The monoisotopic (exact) mass is 262 g/mol. The molecule has 0 amide bonds. The first kappa shape index (κ1) is 13.5. The van der Waals surface area contributed by atoms with E-state index in [1.54, 1.807) is 0 Å². The molecule has 2 aliphatic rings. The summed E-state index contributed by atoms with van der Waals surface area (Å²) in [5.74, 6) is -0.651. The largest absolute Gasteiger partial charge is 0.350 e. The molecule has 2 fully saturated rings. The van der Waals surface area contributed by atoms with Gasteiger partial charge in [0.15, 0.2) is 5.79 Å². The lowest BCUT2D eigenvalue weighted by atomic mass is 9.91. The second kappa shape index (κ2) is 3.80. The van der Waals surface area contributed by atoms with E-state index in [1.165, 1.54) is 0 Å². The van der Waals surface area contributed by atoms with Crippen LogP contribution in [0.1, 0.15) is 47.0 Å². The molecule has 0 aliphatic carbocycles. The fraction of sp³-hybridized carbons (Fsp3) is 1.00. The first-order valence-corrected chi connectivity index (χ1v) is 7.89. The SMILES string of the molecule is CC1(C)CC2(CC(C)(C)P1(=O)O)OCCCO2. The number of ether oxygens (including phenoxy) is 2. The second-order valence-corrected chi connectivity index (χ2v) is 10.1. The van der Waals surface area contributed by atoms with Crippen molar-refractivity contribution in [3.63, 3.8) is 0 Å². The summed E-state index contributed by atoms with van der Waals surface area (Å²) in [7, 11) is -3.25. The molecule has 0 atom stereocenters. The minimum atomic E-state index is -3.25. The van der Waals surface area contributed by atoms with Crippen LogP contribution in [0.3, 0.4) is 0 Å². The van der Waals surface area contributed by atoms with Crippen LogP contribution in [0.2, 0.25) is 0 Å². The van der Waals surface area contributed by atoms with Gasteiger partial charge in [0.05, 0.1) is 13.2 Å². The topological polar surface area (TPSA) is 55.8 Å². The van der Waals surface area contributed by atoms with Crippen molar-refractivity contribution >= 4 is 7.37 Å². The third kappa shape index (κ3) is 1.99. The van der Waals surface area contributed by atoms with Gasteiger partial charge in [-0.05, 0) is 6.42 Å². The average molecular weight is 262 g/mol. The maximum Gasteiger partial charge on any atom is 0.211 e. The minimum Gasteiger partial charge on any atom is -0.350 e. The van der Waals surface area contributed by atoms with E-state index in [4.69, 9.17) is 9.47 Å². The molecule has 0 saturated carbocycles. The first-order valence-electron chi connectivity index (χ1n) is 6.23. The smallest absolute Gasteiger partial charge is 0.211 e. The number of rotatable bonds is 0. The third-order valence-corrected chi connectivity index (χ3v) is 7.66. The van der Waals surface area contributed by atoms with Gasteiger partial charge in [-0.25, -0.2) is 0 Å². The van der Waals surface area contributed by atoms with Gasteiger partial charge in [0, 0.05) is 23.2 Å². The molecule has 0 aromatic rings. The number of hydrogen-bond donors (Lipinski definition) is 1. The molecule has 0 aromatic heterocycles. The van der Waals surface area contributed by atoms with E-state index in [0.29, 0.717) is 26.1 Å². The summed E-state index contributed by atoms with van der Waals surface area (Å²) in [6.45, 7) is 8.74. The van der Waals surface area contributed by atoms with Crippen molar-refractivity contribution in [1.82, 2.24) is 0 Å². The molecule has 1 spiro atoms. The zero-order valence-electron chi connectivity index (χ0n) is 11.2. The van der Waals surface area contributed by atoms with Crippen LogP contribution < -0.4 is 0 Å². The van der Waals surface area contributed by atoms with E-state index in [-0.39, 0.29) is 0 Å². The molecular weight excluding hydrogens is 239 g/mol. The lowest BCUT2D eigenvalue weighted by molar-refractivity contribution is -0.282. The quantitative estimate of drug-likeness (QED) is 0.682. The molecule has 1 N–H and O–H groups in total. The molecule has 2 rings (SSSR count). The summed E-state index contributed by atoms with van der Waals surface area (Å²) in [5, 5.41) is -1.32. The van der Waals surface area contributed by atoms with Crippen molar-refractivity contribution in [2.45, 2.75) is 63.1 Å². The van der Waals surface area contributed by atoms with Crippen molar-refractivity contribution in [2.24, 2.45) is 0 Å². The van der Waals surface area contributed by atoms with Crippen LogP contribution in [0.4, 0.5) is 0 Å². The summed E-state index contributed by atoms with van der Waals surface area (Å²) in [5.41, 5.74) is 0. The number of hydrogen-bond acceptors (Lipinski definition) is 3. The van der Waals surface area contributed by atoms with Crippen LogP contribution in [0.25, 0.3) is 0 Å². The van der Waals surface area contributed by atoms with E-state index in [9.17, 15) is 9.46 Å². The van der Waals surface area contributed by atoms with Crippen molar-refractivity contribution in [3.05, 3.63) is 0 Å². The Morgan fingerprint density at radius 1 is 1.00 bits per heavy atom. The lowest BCUT2D eigenvalue weighted by Crippen LogP contribution is -2.55. The van der Waals surface area contributed by atoms with Crippen LogP contribution in [0.5, 0.6) is 0 Å². The van der Waals surface area contributed by atoms with Crippen LogP contribution in [0.15, 0.2) is 0 Å². The Labute approximate surface area is 103 Å². The Bertz CT molecular complexity index is 332. The zero-order valence-corrected chi connectivity index (χ0v) is 12.0. The second-order valence-electron chi connectivity index (χ2n) is 6.52. The minimum absolute atomic E-state index is 0.497. The summed E-state index contributed by atoms with van der Waals surface area (Å²) >= 11 is 0. The molecular formula is C12H23O4P. The van der Waals surface area contributed by atoms with Gasteiger partial charge in [0.2, 0.25) is 7.37 Å². The van der Waals surface area contributed by atoms with Crippen molar-refractivity contribution < 1.29 is 18.9 Å². The maximum absolute atomic E-state index is 12.6. The molecule has 2 saturated heterocycles. The summed E-state index contributed by atoms with van der Waals surface area (Å²) < 4.78 is 24.2. The molecule has 2 aliphatic heterocycles. The van der Waals surface area contributed by atoms with Crippen LogP contribution >= 0.6 is 7.37 Å². The van der Waals surface area contributed by atoms with E-state index in [0.717, 1.165) is 6.42 Å². The molecule has 5 heteroatoms. The van der Waals surface area contributed by atoms with Gasteiger partial charge >= 0.3 is 0 Å². The third-order valence-electron chi connectivity index (χ3n) is 4.06. The van der Waals surface area contributed by atoms with Crippen LogP contribution in [-0.4, -0.2) is 34.2 Å². The highest BCUT2D eigenvalue weighted by Gasteiger charge is 2.62. The van der Waals surface area contributed by atoms with E-state index in [2.05, 4.69) is 0 Å². The molecule has 0 radical (unpaired) electrons. The molecule has 0 aromatic carbocycles. The fourth-order valence-electron chi connectivity index (χ4n) is 3.24. The maximum atomic E-state index is 12.6. The van der Waals surface area contributed by atoms with Gasteiger partial charge in [-0.1, -0.05) is 27.7 Å². The predicted molar refractivity (Wildman–Crippen MR) is 66.5 cm³/mol. The van der Waals surface area contributed by atoms with Gasteiger partial charge in [-0.2, -0.15) is 0 Å². The summed E-state index contributed by atoms with van der Waals surface area (Å²) in [4.78, 5) is 10.4. The van der Waals surface area contributed by atoms with Crippen molar-refractivity contribution in [2.75, 3.05) is 13.2 Å². The predicted octanol–water partition coefficient (Wildman–Crippen LogP) is 2.74.